The van der Waals surface area contributed by atoms with Gasteiger partial charge in [0.25, 0.3) is 0 Å². The van der Waals surface area contributed by atoms with Gasteiger partial charge in [-0.2, -0.15) is 0 Å². The fourth-order valence-corrected chi connectivity index (χ4v) is 2.39. The lowest BCUT2D eigenvalue weighted by Gasteiger charge is -2.24. The minimum Gasteiger partial charge on any atom is -0.381 e. The second-order valence-corrected chi connectivity index (χ2v) is 5.33. The summed E-state index contributed by atoms with van der Waals surface area (Å²) in [6.45, 7) is 4.67. The van der Waals surface area contributed by atoms with E-state index in [0.717, 1.165) is 50.1 Å². The molecule has 1 saturated carbocycles. The molecular weight excluding hydrogens is 240 g/mol. The lowest BCUT2D eigenvalue weighted by molar-refractivity contribution is 0.0904. The Morgan fingerprint density at radius 3 is 2.58 bits per heavy atom. The number of nitrogens with one attached hydrogen (secondary N) is 2. The molecule has 104 valence electrons. The fourth-order valence-electron chi connectivity index (χ4n) is 2.39. The summed E-state index contributed by atoms with van der Waals surface area (Å²) in [5.41, 5.74) is 0. The predicted molar refractivity (Wildman–Crippen MR) is 75.6 cm³/mol. The number of nitrogens with zero attached hydrogens (tertiary/aromatic N) is 2. The number of hydrogen-bond donors (Lipinski definition) is 2. The number of aromatic nitrogens is 2. The maximum Gasteiger partial charge on any atom is 0.136 e. The third kappa shape index (κ3) is 3.35. The van der Waals surface area contributed by atoms with Crippen LogP contribution >= 0.6 is 0 Å². The van der Waals surface area contributed by atoms with Crippen LogP contribution < -0.4 is 10.6 Å². The average Bonchev–Trinajstić information content (AvgIpc) is 3.24. The first-order valence-electron chi connectivity index (χ1n) is 7.32. The van der Waals surface area contributed by atoms with E-state index < -0.39 is 0 Å². The molecule has 0 atom stereocenters. The Kier molecular flexibility index (Phi) is 3.82. The second kappa shape index (κ2) is 5.74. The van der Waals surface area contributed by atoms with Crippen molar-refractivity contribution in [3.05, 3.63) is 11.9 Å². The van der Waals surface area contributed by atoms with Gasteiger partial charge in [-0.25, -0.2) is 9.97 Å². The van der Waals surface area contributed by atoms with E-state index in [0.29, 0.717) is 12.0 Å². The van der Waals surface area contributed by atoms with E-state index in [1.165, 1.54) is 12.8 Å². The molecule has 0 spiro atoms. The largest absolute Gasteiger partial charge is 0.381 e. The van der Waals surface area contributed by atoms with Gasteiger partial charge in [0.2, 0.25) is 0 Å². The first kappa shape index (κ1) is 12.7. The van der Waals surface area contributed by atoms with E-state index in [2.05, 4.69) is 27.5 Å². The van der Waals surface area contributed by atoms with Crippen molar-refractivity contribution in [2.45, 2.75) is 44.6 Å². The van der Waals surface area contributed by atoms with Crippen molar-refractivity contribution in [3.63, 3.8) is 0 Å². The van der Waals surface area contributed by atoms with E-state index in [9.17, 15) is 0 Å². The minimum absolute atomic E-state index is 0.477. The smallest absolute Gasteiger partial charge is 0.136 e. The lowest BCUT2D eigenvalue weighted by atomic mass is 10.1. The van der Waals surface area contributed by atoms with E-state index in [-0.39, 0.29) is 0 Å². The molecule has 1 aromatic heterocycles. The zero-order valence-electron chi connectivity index (χ0n) is 11.5. The SMILES string of the molecule is CCNc1cc(NC2CCOCC2)nc(C2CC2)n1. The Labute approximate surface area is 114 Å². The zero-order chi connectivity index (χ0) is 13.1. The molecule has 0 unspecified atom stereocenters. The monoisotopic (exact) mass is 262 g/mol. The van der Waals surface area contributed by atoms with Gasteiger partial charge in [0, 0.05) is 37.8 Å². The van der Waals surface area contributed by atoms with E-state index in [4.69, 9.17) is 4.74 Å². The highest BCUT2D eigenvalue weighted by atomic mass is 16.5. The van der Waals surface area contributed by atoms with Crippen molar-refractivity contribution in [3.8, 4) is 0 Å². The quantitative estimate of drug-likeness (QED) is 0.853. The number of rotatable bonds is 5. The normalized spacial score (nSPS) is 20.3. The standard InChI is InChI=1S/C14H22N4O/c1-2-15-12-9-13(16-11-5-7-19-8-6-11)18-14(17-12)10-3-4-10/h9-11H,2-8H2,1H3,(H2,15,16,17,18). The van der Waals surface area contributed by atoms with E-state index in [1.807, 2.05) is 6.07 Å². The predicted octanol–water partition coefficient (Wildman–Crippen LogP) is 2.38. The fraction of sp³-hybridized carbons (Fsp3) is 0.714. The van der Waals surface area contributed by atoms with Crippen molar-refractivity contribution in [2.24, 2.45) is 0 Å². The highest BCUT2D eigenvalue weighted by Crippen LogP contribution is 2.38. The maximum atomic E-state index is 5.39. The minimum atomic E-state index is 0.477. The zero-order valence-corrected chi connectivity index (χ0v) is 11.5. The Balaban J connectivity index is 1.74. The van der Waals surface area contributed by atoms with Crippen LogP contribution in [0, 0.1) is 0 Å². The molecule has 0 radical (unpaired) electrons. The van der Waals surface area contributed by atoms with Crippen LogP contribution in [-0.4, -0.2) is 35.8 Å². The molecule has 3 rings (SSSR count). The number of hydrogen-bond acceptors (Lipinski definition) is 5. The van der Waals surface area contributed by atoms with Crippen LogP contribution in [0.5, 0.6) is 0 Å². The van der Waals surface area contributed by atoms with Crippen molar-refractivity contribution in [1.82, 2.24) is 9.97 Å². The number of ether oxygens (including phenoxy) is 1. The van der Waals surface area contributed by atoms with Gasteiger partial charge >= 0.3 is 0 Å². The van der Waals surface area contributed by atoms with Gasteiger partial charge in [-0.1, -0.05) is 0 Å². The summed E-state index contributed by atoms with van der Waals surface area (Å²) in [6.07, 6.45) is 4.57. The summed E-state index contributed by atoms with van der Waals surface area (Å²) >= 11 is 0. The first-order chi connectivity index (χ1) is 9.35. The van der Waals surface area contributed by atoms with Crippen LogP contribution in [0.4, 0.5) is 11.6 Å². The van der Waals surface area contributed by atoms with Crippen molar-refractivity contribution < 1.29 is 4.74 Å². The van der Waals surface area contributed by atoms with Gasteiger partial charge in [0.05, 0.1) is 0 Å². The molecule has 2 fully saturated rings. The van der Waals surface area contributed by atoms with Gasteiger partial charge in [-0.05, 0) is 32.6 Å². The molecule has 19 heavy (non-hydrogen) atoms. The Bertz CT molecular complexity index is 427. The molecule has 2 aliphatic rings. The van der Waals surface area contributed by atoms with Crippen molar-refractivity contribution >= 4 is 11.6 Å². The van der Waals surface area contributed by atoms with Gasteiger partial charge in [-0.15, -0.1) is 0 Å². The highest BCUT2D eigenvalue weighted by Gasteiger charge is 2.27. The molecule has 2 N–H and O–H groups in total. The molecule has 1 saturated heterocycles. The Morgan fingerprint density at radius 1 is 1.16 bits per heavy atom. The van der Waals surface area contributed by atoms with Gasteiger partial charge in [-0.3, -0.25) is 0 Å². The molecule has 5 nitrogen and oxygen atoms in total. The first-order valence-corrected chi connectivity index (χ1v) is 7.32. The third-order valence-corrected chi connectivity index (χ3v) is 3.62. The molecule has 5 heteroatoms. The van der Waals surface area contributed by atoms with Crippen molar-refractivity contribution in [2.75, 3.05) is 30.4 Å². The van der Waals surface area contributed by atoms with Crippen molar-refractivity contribution in [1.29, 1.82) is 0 Å². The second-order valence-electron chi connectivity index (χ2n) is 5.33. The molecule has 0 aromatic carbocycles. The Hall–Kier alpha value is -1.36. The van der Waals surface area contributed by atoms with Crippen LogP contribution in [0.1, 0.15) is 44.3 Å². The molecular formula is C14H22N4O. The van der Waals surface area contributed by atoms with E-state index >= 15 is 0 Å². The summed E-state index contributed by atoms with van der Waals surface area (Å²) in [6, 6.07) is 2.50. The maximum absolute atomic E-state index is 5.39. The molecule has 0 bridgehead atoms. The molecule has 2 heterocycles. The Morgan fingerprint density at radius 2 is 1.89 bits per heavy atom. The van der Waals surface area contributed by atoms with E-state index in [1.54, 1.807) is 0 Å². The van der Waals surface area contributed by atoms with Gasteiger partial charge in [0.1, 0.15) is 17.5 Å². The lowest BCUT2D eigenvalue weighted by Crippen LogP contribution is -2.28. The summed E-state index contributed by atoms with van der Waals surface area (Å²) in [7, 11) is 0. The summed E-state index contributed by atoms with van der Waals surface area (Å²) in [5, 5.41) is 6.82. The molecule has 1 aliphatic carbocycles. The summed E-state index contributed by atoms with van der Waals surface area (Å²) in [5.74, 6) is 3.47. The van der Waals surface area contributed by atoms with Crippen LogP contribution in [-0.2, 0) is 4.74 Å². The highest BCUT2D eigenvalue weighted by molar-refractivity contribution is 5.48. The van der Waals surface area contributed by atoms with Gasteiger partial charge in [0.15, 0.2) is 0 Å². The topological polar surface area (TPSA) is 59.1 Å². The van der Waals surface area contributed by atoms with Crippen LogP contribution in [0.25, 0.3) is 0 Å². The summed E-state index contributed by atoms with van der Waals surface area (Å²) < 4.78 is 5.39. The molecule has 1 aromatic rings. The number of anilines is 2. The molecule has 1 aliphatic heterocycles. The third-order valence-electron chi connectivity index (χ3n) is 3.62. The molecule has 0 amide bonds. The van der Waals surface area contributed by atoms with Crippen LogP contribution in [0.2, 0.25) is 0 Å². The average molecular weight is 262 g/mol. The van der Waals surface area contributed by atoms with Gasteiger partial charge < -0.3 is 15.4 Å². The summed E-state index contributed by atoms with van der Waals surface area (Å²) in [4.78, 5) is 9.26. The van der Waals surface area contributed by atoms with Crippen LogP contribution in [0.3, 0.4) is 0 Å². The van der Waals surface area contributed by atoms with Crippen LogP contribution in [0.15, 0.2) is 6.07 Å².